The van der Waals surface area contributed by atoms with Crippen molar-refractivity contribution >= 4 is 16.9 Å². The number of fused-ring (bicyclic) bond motifs is 1. The van der Waals surface area contributed by atoms with Gasteiger partial charge in [0.1, 0.15) is 5.69 Å². The average Bonchev–Trinajstić information content (AvgIpc) is 2.97. The van der Waals surface area contributed by atoms with Crippen LogP contribution in [0.2, 0.25) is 0 Å². The van der Waals surface area contributed by atoms with Crippen molar-refractivity contribution in [3.8, 4) is 0 Å². The molecule has 124 valence electrons. The van der Waals surface area contributed by atoms with Crippen LogP contribution in [-0.4, -0.2) is 22.6 Å². The first-order valence-electron chi connectivity index (χ1n) is 7.08. The zero-order valence-electron chi connectivity index (χ0n) is 12.7. The number of alkyl halides is 3. The fraction of sp³-hybridized carbons (Fsp3) is 0.176. The van der Waals surface area contributed by atoms with Crippen LogP contribution in [0.5, 0.6) is 0 Å². The number of pyridine rings is 1. The number of hydrogen-bond donors (Lipinski definition) is 0. The van der Waals surface area contributed by atoms with Crippen molar-refractivity contribution in [2.75, 3.05) is 7.11 Å². The van der Waals surface area contributed by atoms with Gasteiger partial charge in [-0.1, -0.05) is 18.2 Å². The number of carbonyl (C=O) groups excluding carboxylic acids is 1. The second kappa shape index (κ2) is 5.99. The van der Waals surface area contributed by atoms with Gasteiger partial charge in [0.05, 0.1) is 18.2 Å². The van der Waals surface area contributed by atoms with E-state index in [1.54, 1.807) is 22.9 Å². The molecule has 0 unspecified atom stereocenters. The molecule has 2 aromatic heterocycles. The molecule has 4 nitrogen and oxygen atoms in total. The highest BCUT2D eigenvalue weighted by molar-refractivity contribution is 6.03. The predicted molar refractivity (Wildman–Crippen MR) is 81.6 cm³/mol. The number of ether oxygens (including phenoxy) is 1. The monoisotopic (exact) mass is 334 g/mol. The van der Waals surface area contributed by atoms with E-state index in [4.69, 9.17) is 4.74 Å². The van der Waals surface area contributed by atoms with Crippen LogP contribution in [-0.2, 0) is 17.5 Å². The van der Waals surface area contributed by atoms with Crippen molar-refractivity contribution in [2.24, 2.45) is 0 Å². The zero-order chi connectivity index (χ0) is 17.3. The first-order chi connectivity index (χ1) is 11.4. The summed E-state index contributed by atoms with van der Waals surface area (Å²) in [6.07, 6.45) is -1.50. The Morgan fingerprint density at radius 1 is 1.21 bits per heavy atom. The molecule has 0 N–H and O–H groups in total. The molecule has 3 rings (SSSR count). The number of para-hydroxylation sites is 1. The van der Waals surface area contributed by atoms with Gasteiger partial charge < -0.3 is 9.30 Å². The Balaban J connectivity index is 1.97. The third-order valence-corrected chi connectivity index (χ3v) is 3.66. The third kappa shape index (κ3) is 2.97. The zero-order valence-corrected chi connectivity index (χ0v) is 12.7. The largest absolute Gasteiger partial charge is 0.465 e. The van der Waals surface area contributed by atoms with Gasteiger partial charge in [0, 0.05) is 24.3 Å². The van der Waals surface area contributed by atoms with Crippen LogP contribution >= 0.6 is 0 Å². The summed E-state index contributed by atoms with van der Waals surface area (Å²) in [4.78, 5) is 15.4. The van der Waals surface area contributed by atoms with Gasteiger partial charge in [0.2, 0.25) is 0 Å². The van der Waals surface area contributed by atoms with Gasteiger partial charge in [-0.15, -0.1) is 0 Å². The molecule has 24 heavy (non-hydrogen) atoms. The van der Waals surface area contributed by atoms with Gasteiger partial charge in [-0.25, -0.2) is 4.79 Å². The van der Waals surface area contributed by atoms with E-state index < -0.39 is 17.8 Å². The van der Waals surface area contributed by atoms with E-state index in [1.807, 2.05) is 12.1 Å². The molecule has 0 saturated carbocycles. The maximum atomic E-state index is 12.6. The Hall–Kier alpha value is -2.83. The molecule has 7 heteroatoms. The van der Waals surface area contributed by atoms with Crippen LogP contribution < -0.4 is 0 Å². The highest BCUT2D eigenvalue weighted by atomic mass is 19.4. The average molecular weight is 334 g/mol. The van der Waals surface area contributed by atoms with Crippen LogP contribution in [0.3, 0.4) is 0 Å². The number of rotatable bonds is 3. The second-order valence-corrected chi connectivity index (χ2v) is 5.23. The lowest BCUT2D eigenvalue weighted by molar-refractivity contribution is -0.141. The van der Waals surface area contributed by atoms with E-state index >= 15 is 0 Å². The number of aromatic nitrogens is 2. The maximum Gasteiger partial charge on any atom is 0.433 e. The fourth-order valence-electron chi connectivity index (χ4n) is 2.55. The van der Waals surface area contributed by atoms with Crippen molar-refractivity contribution in [1.29, 1.82) is 0 Å². The minimum absolute atomic E-state index is 0.294. The van der Waals surface area contributed by atoms with E-state index in [9.17, 15) is 18.0 Å². The number of benzene rings is 1. The molecule has 3 aromatic rings. The Morgan fingerprint density at radius 2 is 2.00 bits per heavy atom. The van der Waals surface area contributed by atoms with Gasteiger partial charge >= 0.3 is 12.1 Å². The molecule has 0 aliphatic rings. The van der Waals surface area contributed by atoms with Crippen LogP contribution in [0.15, 0.2) is 48.8 Å². The smallest absolute Gasteiger partial charge is 0.433 e. The second-order valence-electron chi connectivity index (χ2n) is 5.23. The molecule has 0 saturated heterocycles. The van der Waals surface area contributed by atoms with Crippen LogP contribution in [0, 0.1) is 0 Å². The van der Waals surface area contributed by atoms with Gasteiger partial charge in [-0.05, 0) is 23.8 Å². The van der Waals surface area contributed by atoms with E-state index in [1.165, 1.54) is 19.4 Å². The summed E-state index contributed by atoms with van der Waals surface area (Å²) in [5.74, 6) is -0.467. The van der Waals surface area contributed by atoms with Crippen molar-refractivity contribution in [3.05, 3.63) is 65.6 Å². The Labute approximate surface area is 135 Å². The van der Waals surface area contributed by atoms with Crippen LogP contribution in [0.1, 0.15) is 21.6 Å². The number of methoxy groups -OCH3 is 1. The Bertz CT molecular complexity index is 883. The molecule has 0 spiro atoms. The minimum atomic E-state index is -4.46. The van der Waals surface area contributed by atoms with Crippen molar-refractivity contribution in [2.45, 2.75) is 12.7 Å². The molecule has 0 aliphatic heterocycles. The summed E-state index contributed by atoms with van der Waals surface area (Å²) in [6, 6.07) is 9.40. The number of halogens is 3. The predicted octanol–water partition coefficient (Wildman–Crippen LogP) is 3.89. The number of hydrogen-bond acceptors (Lipinski definition) is 3. The molecule has 1 aromatic carbocycles. The van der Waals surface area contributed by atoms with E-state index in [2.05, 4.69) is 4.98 Å². The Kier molecular flexibility index (Phi) is 4.01. The fourth-order valence-corrected chi connectivity index (χ4v) is 2.55. The molecule has 0 aliphatic carbocycles. The van der Waals surface area contributed by atoms with E-state index in [0.29, 0.717) is 23.2 Å². The molecule has 0 radical (unpaired) electrons. The summed E-state index contributed by atoms with van der Waals surface area (Å²) < 4.78 is 44.3. The first-order valence-corrected chi connectivity index (χ1v) is 7.08. The summed E-state index contributed by atoms with van der Waals surface area (Å²) >= 11 is 0. The molecule has 0 fully saturated rings. The lowest BCUT2D eigenvalue weighted by Crippen LogP contribution is -2.09. The molecule has 2 heterocycles. The van der Waals surface area contributed by atoms with Gasteiger partial charge in [-0.2, -0.15) is 13.2 Å². The topological polar surface area (TPSA) is 44.1 Å². The summed E-state index contributed by atoms with van der Waals surface area (Å²) in [5.41, 5.74) is 0.739. The standard InChI is InChI=1S/C17H13F3N2O2/c1-24-16(23)13-4-2-3-12-7-8-22(15(12)13)10-11-5-6-14(21-9-11)17(18,19)20/h2-9H,10H2,1H3. The SMILES string of the molecule is COC(=O)c1cccc2ccn(Cc3ccc(C(F)(F)F)nc3)c12. The summed E-state index contributed by atoms with van der Waals surface area (Å²) in [5, 5.41) is 0.845. The molecule has 0 atom stereocenters. The van der Waals surface area contributed by atoms with Crippen LogP contribution in [0.4, 0.5) is 13.2 Å². The van der Waals surface area contributed by atoms with Gasteiger partial charge in [-0.3, -0.25) is 4.98 Å². The maximum absolute atomic E-state index is 12.6. The molecular weight excluding hydrogens is 321 g/mol. The number of esters is 1. The number of carbonyl (C=O) groups is 1. The molecule has 0 bridgehead atoms. The van der Waals surface area contributed by atoms with Crippen molar-refractivity contribution in [1.82, 2.24) is 9.55 Å². The summed E-state index contributed by atoms with van der Waals surface area (Å²) in [7, 11) is 1.30. The highest BCUT2D eigenvalue weighted by Gasteiger charge is 2.32. The van der Waals surface area contributed by atoms with Gasteiger partial charge in [0.25, 0.3) is 0 Å². The highest BCUT2D eigenvalue weighted by Crippen LogP contribution is 2.27. The van der Waals surface area contributed by atoms with Gasteiger partial charge in [0.15, 0.2) is 0 Å². The third-order valence-electron chi connectivity index (χ3n) is 3.66. The van der Waals surface area contributed by atoms with Crippen LogP contribution in [0.25, 0.3) is 10.9 Å². The Morgan fingerprint density at radius 3 is 2.62 bits per heavy atom. The first kappa shape index (κ1) is 16.0. The van der Waals surface area contributed by atoms with E-state index in [0.717, 1.165) is 11.5 Å². The quantitative estimate of drug-likeness (QED) is 0.683. The summed E-state index contributed by atoms with van der Waals surface area (Å²) in [6.45, 7) is 0.294. The minimum Gasteiger partial charge on any atom is -0.465 e. The van der Waals surface area contributed by atoms with E-state index in [-0.39, 0.29) is 0 Å². The lowest BCUT2D eigenvalue weighted by atomic mass is 10.1. The lowest BCUT2D eigenvalue weighted by Gasteiger charge is -2.10. The molecule has 0 amide bonds. The van der Waals surface area contributed by atoms with Crippen molar-refractivity contribution in [3.63, 3.8) is 0 Å². The van der Waals surface area contributed by atoms with Crippen molar-refractivity contribution < 1.29 is 22.7 Å². The normalized spacial score (nSPS) is 11.7. The molecular formula is C17H13F3N2O2. The number of nitrogens with zero attached hydrogens (tertiary/aromatic N) is 2.